The van der Waals surface area contributed by atoms with E-state index in [0.717, 1.165) is 5.57 Å². The summed E-state index contributed by atoms with van der Waals surface area (Å²) >= 11 is 0. The molecule has 0 aromatic heterocycles. The first-order chi connectivity index (χ1) is 8.76. The smallest absolute Gasteiger partial charge is 0.249 e. The van der Waals surface area contributed by atoms with Crippen molar-refractivity contribution in [1.29, 1.82) is 0 Å². The van der Waals surface area contributed by atoms with Gasteiger partial charge in [0.25, 0.3) is 0 Å². The largest absolute Gasteiger partial charge is 0.390 e. The molecule has 1 amide bonds. The number of allylic oxidation sites excluding steroid dienone is 1. The molecule has 0 radical (unpaired) electrons. The summed E-state index contributed by atoms with van der Waals surface area (Å²) < 4.78 is 0. The Morgan fingerprint density at radius 1 is 1.58 bits per heavy atom. The first-order valence-corrected chi connectivity index (χ1v) is 6.46. The predicted octanol–water partition coefficient (Wildman–Crippen LogP) is 0.707. The Labute approximate surface area is 113 Å². The fourth-order valence-corrected chi connectivity index (χ4v) is 2.91. The average Bonchev–Trinajstić information content (AvgIpc) is 2.62. The van der Waals surface area contributed by atoms with Crippen LogP contribution >= 0.6 is 0 Å². The Bertz CT molecular complexity index is 491. The van der Waals surface area contributed by atoms with E-state index in [1.54, 1.807) is 6.92 Å². The quantitative estimate of drug-likeness (QED) is 0.721. The van der Waals surface area contributed by atoms with Crippen molar-refractivity contribution in [2.45, 2.75) is 51.8 Å². The van der Waals surface area contributed by atoms with Crippen molar-refractivity contribution in [3.8, 4) is 0 Å². The zero-order valence-corrected chi connectivity index (χ0v) is 11.7. The summed E-state index contributed by atoms with van der Waals surface area (Å²) in [6.45, 7) is 7.33. The second-order valence-electron chi connectivity index (χ2n) is 5.72. The molecule has 0 bridgehead atoms. The van der Waals surface area contributed by atoms with Gasteiger partial charge in [0, 0.05) is 18.2 Å². The van der Waals surface area contributed by atoms with Crippen molar-refractivity contribution in [1.82, 2.24) is 10.2 Å². The highest BCUT2D eigenvalue weighted by atomic mass is 16.3. The lowest BCUT2D eigenvalue weighted by Gasteiger charge is -2.34. The van der Waals surface area contributed by atoms with Crippen LogP contribution in [-0.2, 0) is 9.59 Å². The van der Waals surface area contributed by atoms with Gasteiger partial charge in [-0.25, -0.2) is 0 Å². The predicted molar refractivity (Wildman–Crippen MR) is 71.0 cm³/mol. The molecule has 2 heterocycles. The van der Waals surface area contributed by atoms with E-state index in [2.05, 4.69) is 5.32 Å². The number of aliphatic hydroxyl groups is 1. The number of hydrogen-bond acceptors (Lipinski definition) is 4. The van der Waals surface area contributed by atoms with Crippen molar-refractivity contribution in [3.05, 3.63) is 23.5 Å². The second-order valence-corrected chi connectivity index (χ2v) is 5.72. The Kier molecular flexibility index (Phi) is 3.26. The zero-order valence-electron chi connectivity index (χ0n) is 11.7. The van der Waals surface area contributed by atoms with Crippen LogP contribution in [0.5, 0.6) is 0 Å². The number of hydrogen-bond donors (Lipinski definition) is 2. The fourth-order valence-electron chi connectivity index (χ4n) is 2.91. The lowest BCUT2D eigenvalue weighted by molar-refractivity contribution is -0.125. The topological polar surface area (TPSA) is 69.6 Å². The highest BCUT2D eigenvalue weighted by molar-refractivity contribution is 6.03. The highest BCUT2D eigenvalue weighted by Crippen LogP contribution is 2.41. The number of carbonyl (C=O) groups excluding carboxylic acids is 2. The molecule has 0 aromatic rings. The van der Waals surface area contributed by atoms with Gasteiger partial charge in [-0.05, 0) is 34.1 Å². The summed E-state index contributed by atoms with van der Waals surface area (Å²) in [5, 5.41) is 12.8. The molecule has 2 rings (SSSR count). The monoisotopic (exact) mass is 264 g/mol. The summed E-state index contributed by atoms with van der Waals surface area (Å²) in [4.78, 5) is 25.7. The van der Waals surface area contributed by atoms with Crippen LogP contribution in [-0.4, -0.2) is 39.4 Å². The van der Waals surface area contributed by atoms with Crippen LogP contribution in [0.4, 0.5) is 0 Å². The molecule has 2 aliphatic rings. The van der Waals surface area contributed by atoms with Crippen molar-refractivity contribution < 1.29 is 14.7 Å². The van der Waals surface area contributed by atoms with Gasteiger partial charge in [0.2, 0.25) is 5.91 Å². The van der Waals surface area contributed by atoms with E-state index in [4.69, 9.17) is 0 Å². The van der Waals surface area contributed by atoms with E-state index in [1.165, 1.54) is 12.2 Å². The van der Waals surface area contributed by atoms with Gasteiger partial charge in [-0.2, -0.15) is 0 Å². The standard InChI is InChI=1S/C14H20N2O3/c1-8(2)5-13(19)15-12-7-11(18)14(4)10(17)6-9(3)16(12)14/h5,7,9-10,17H,6H2,1-4H3,(H,15,19)/t9-,10+,14-/m1/s1. The number of nitrogens with zero attached hydrogens (tertiary/aromatic N) is 1. The molecule has 0 spiro atoms. The average molecular weight is 264 g/mol. The van der Waals surface area contributed by atoms with Crippen molar-refractivity contribution in [3.63, 3.8) is 0 Å². The molecule has 19 heavy (non-hydrogen) atoms. The molecule has 0 aliphatic carbocycles. The number of nitrogens with one attached hydrogen (secondary N) is 1. The Hall–Kier alpha value is -1.62. The number of aliphatic hydroxyl groups excluding tert-OH is 1. The summed E-state index contributed by atoms with van der Waals surface area (Å²) in [6, 6.07) is 0.0182. The molecule has 2 aliphatic heterocycles. The second kappa shape index (κ2) is 4.49. The van der Waals surface area contributed by atoms with E-state index in [9.17, 15) is 14.7 Å². The molecule has 3 atom stereocenters. The van der Waals surface area contributed by atoms with E-state index < -0.39 is 11.6 Å². The molecule has 2 N–H and O–H groups in total. The molecule has 5 nitrogen and oxygen atoms in total. The maximum Gasteiger partial charge on any atom is 0.249 e. The molecule has 1 fully saturated rings. The highest BCUT2D eigenvalue weighted by Gasteiger charge is 2.56. The third kappa shape index (κ3) is 2.08. The van der Waals surface area contributed by atoms with Crippen LogP contribution in [0.15, 0.2) is 23.5 Å². The summed E-state index contributed by atoms with van der Waals surface area (Å²) in [5.74, 6) is 0.0767. The third-order valence-electron chi connectivity index (χ3n) is 3.85. The number of rotatable bonds is 2. The molecule has 1 saturated heterocycles. The van der Waals surface area contributed by atoms with Gasteiger partial charge >= 0.3 is 0 Å². The van der Waals surface area contributed by atoms with Gasteiger partial charge < -0.3 is 15.3 Å². The molecular weight excluding hydrogens is 244 g/mol. The molecule has 0 saturated carbocycles. The minimum absolute atomic E-state index is 0.0182. The van der Waals surface area contributed by atoms with Gasteiger partial charge in [-0.1, -0.05) is 5.57 Å². The normalized spacial score (nSPS) is 33.0. The maximum absolute atomic E-state index is 12.1. The van der Waals surface area contributed by atoms with Crippen LogP contribution in [0.3, 0.4) is 0 Å². The molecular formula is C14H20N2O3. The Morgan fingerprint density at radius 3 is 2.79 bits per heavy atom. The fraction of sp³-hybridized carbons (Fsp3) is 0.571. The van der Waals surface area contributed by atoms with E-state index >= 15 is 0 Å². The molecule has 104 valence electrons. The molecule has 5 heteroatoms. The summed E-state index contributed by atoms with van der Waals surface area (Å²) in [6.07, 6.45) is 2.72. The van der Waals surface area contributed by atoms with Gasteiger partial charge in [0.15, 0.2) is 5.78 Å². The summed E-state index contributed by atoms with van der Waals surface area (Å²) in [7, 11) is 0. The van der Waals surface area contributed by atoms with Gasteiger partial charge in [-0.3, -0.25) is 9.59 Å². The van der Waals surface area contributed by atoms with Crippen molar-refractivity contribution in [2.24, 2.45) is 0 Å². The van der Waals surface area contributed by atoms with Gasteiger partial charge in [-0.15, -0.1) is 0 Å². The van der Waals surface area contributed by atoms with Crippen molar-refractivity contribution in [2.75, 3.05) is 0 Å². The summed E-state index contributed by atoms with van der Waals surface area (Å²) in [5.41, 5.74) is -0.0489. The van der Waals surface area contributed by atoms with Gasteiger partial charge in [0.05, 0.1) is 6.10 Å². The first kappa shape index (κ1) is 13.8. The lowest BCUT2D eigenvalue weighted by atomic mass is 9.93. The number of ketones is 1. The van der Waals surface area contributed by atoms with Crippen LogP contribution < -0.4 is 5.32 Å². The van der Waals surface area contributed by atoms with Crippen molar-refractivity contribution >= 4 is 11.7 Å². The van der Waals surface area contributed by atoms with E-state index in [1.807, 2.05) is 25.7 Å². The van der Waals surface area contributed by atoms with Crippen LogP contribution in [0.2, 0.25) is 0 Å². The lowest BCUT2D eigenvalue weighted by Crippen LogP contribution is -2.51. The minimum atomic E-state index is -0.937. The van der Waals surface area contributed by atoms with E-state index in [0.29, 0.717) is 12.2 Å². The Morgan fingerprint density at radius 2 is 2.21 bits per heavy atom. The van der Waals surface area contributed by atoms with E-state index in [-0.39, 0.29) is 17.7 Å². The Balaban J connectivity index is 2.25. The maximum atomic E-state index is 12.1. The third-order valence-corrected chi connectivity index (χ3v) is 3.85. The van der Waals surface area contributed by atoms with Crippen LogP contribution in [0.1, 0.15) is 34.1 Å². The minimum Gasteiger partial charge on any atom is -0.390 e. The number of fused-ring (bicyclic) bond motifs is 1. The number of amides is 1. The number of carbonyl (C=O) groups is 2. The molecule has 0 unspecified atom stereocenters. The van der Waals surface area contributed by atoms with Gasteiger partial charge in [0.1, 0.15) is 11.4 Å². The SMILES string of the molecule is CC(C)=CC(=O)NC1=CC(=O)[C@@]2(C)[C@@H](O)C[C@@H](C)N12. The van der Waals surface area contributed by atoms with Crippen LogP contribution in [0.25, 0.3) is 0 Å². The first-order valence-electron chi connectivity index (χ1n) is 6.46. The van der Waals surface area contributed by atoms with Crippen LogP contribution in [0, 0.1) is 0 Å². The zero-order chi connectivity index (χ0) is 14.4. The molecule has 0 aromatic carbocycles.